The van der Waals surface area contributed by atoms with E-state index in [-0.39, 0.29) is 11.8 Å². The van der Waals surface area contributed by atoms with Gasteiger partial charge in [0.05, 0.1) is 0 Å². The van der Waals surface area contributed by atoms with Crippen molar-refractivity contribution in [1.29, 1.82) is 0 Å². The van der Waals surface area contributed by atoms with Gasteiger partial charge in [-0.25, -0.2) is 9.67 Å². The summed E-state index contributed by atoms with van der Waals surface area (Å²) < 4.78 is 1.61. The number of aromatic nitrogens is 3. The lowest BCUT2D eigenvalue weighted by Crippen LogP contribution is -2.11. The third-order valence-electron chi connectivity index (χ3n) is 1.38. The molecule has 0 aromatic carbocycles. The zero-order valence-electron chi connectivity index (χ0n) is 6.90. The molecule has 0 amide bonds. The third-order valence-corrected chi connectivity index (χ3v) is 1.38. The lowest BCUT2D eigenvalue weighted by molar-refractivity contribution is 0.0996. The molecule has 0 atom stereocenters. The molecule has 60 valence electrons. The molecule has 11 heavy (non-hydrogen) atoms. The molecule has 1 rings (SSSR count). The second kappa shape index (κ2) is 2.82. The van der Waals surface area contributed by atoms with E-state index in [1.165, 1.54) is 13.3 Å². The Hall–Kier alpha value is -1.19. The maximum atomic E-state index is 10.9. The van der Waals surface area contributed by atoms with Crippen LogP contribution in [0, 0.1) is 0 Å². The van der Waals surface area contributed by atoms with E-state index in [1.54, 1.807) is 4.68 Å². The third kappa shape index (κ3) is 1.45. The van der Waals surface area contributed by atoms with Crippen LogP contribution in [-0.2, 0) is 0 Å². The number of carbonyl (C=O) groups excluding carboxylic acids is 1. The van der Waals surface area contributed by atoms with Gasteiger partial charge in [-0.05, 0) is 13.8 Å². The van der Waals surface area contributed by atoms with Gasteiger partial charge in [0.1, 0.15) is 6.33 Å². The maximum absolute atomic E-state index is 10.9. The number of nitrogens with zero attached hydrogens (tertiary/aromatic N) is 3. The molecule has 0 fully saturated rings. The van der Waals surface area contributed by atoms with Crippen LogP contribution in [0.3, 0.4) is 0 Å². The topological polar surface area (TPSA) is 47.8 Å². The minimum Gasteiger partial charge on any atom is -0.291 e. The first-order valence-corrected chi connectivity index (χ1v) is 3.53. The van der Waals surface area contributed by atoms with Crippen LogP contribution in [0.4, 0.5) is 0 Å². The summed E-state index contributed by atoms with van der Waals surface area (Å²) in [6, 6.07) is 0.191. The second-order valence-corrected chi connectivity index (χ2v) is 2.68. The van der Waals surface area contributed by atoms with Gasteiger partial charge >= 0.3 is 0 Å². The molecule has 0 aliphatic rings. The molecule has 4 nitrogen and oxygen atoms in total. The Morgan fingerprint density at radius 3 is 2.64 bits per heavy atom. The van der Waals surface area contributed by atoms with Crippen molar-refractivity contribution in [2.24, 2.45) is 0 Å². The van der Waals surface area contributed by atoms with Gasteiger partial charge in [-0.2, -0.15) is 5.10 Å². The van der Waals surface area contributed by atoms with E-state index in [0.717, 1.165) is 0 Å². The van der Waals surface area contributed by atoms with E-state index < -0.39 is 0 Å². The van der Waals surface area contributed by atoms with Gasteiger partial charge in [0.2, 0.25) is 0 Å². The second-order valence-electron chi connectivity index (χ2n) is 2.68. The van der Waals surface area contributed by atoms with Crippen LogP contribution in [0.25, 0.3) is 0 Å². The molecule has 4 heteroatoms. The Bertz CT molecular complexity index is 264. The first-order valence-electron chi connectivity index (χ1n) is 3.53. The highest BCUT2D eigenvalue weighted by molar-refractivity contribution is 5.90. The molecular formula is C7H11N3O. The molecule has 0 unspecified atom stereocenters. The maximum Gasteiger partial charge on any atom is 0.196 e. The van der Waals surface area contributed by atoms with Crippen molar-refractivity contribution in [3.05, 3.63) is 12.2 Å². The van der Waals surface area contributed by atoms with Crippen molar-refractivity contribution in [2.45, 2.75) is 26.8 Å². The normalized spacial score (nSPS) is 10.5. The highest BCUT2D eigenvalue weighted by atomic mass is 16.1. The van der Waals surface area contributed by atoms with Crippen molar-refractivity contribution in [3.8, 4) is 0 Å². The van der Waals surface area contributed by atoms with Gasteiger partial charge in [0.25, 0.3) is 0 Å². The van der Waals surface area contributed by atoms with Crippen molar-refractivity contribution in [2.75, 3.05) is 0 Å². The van der Waals surface area contributed by atoms with Crippen LogP contribution >= 0.6 is 0 Å². The predicted molar refractivity (Wildman–Crippen MR) is 40.4 cm³/mol. The summed E-state index contributed by atoms with van der Waals surface area (Å²) in [5.41, 5.74) is 0. The number of hydrogen-bond donors (Lipinski definition) is 0. The molecule has 1 aromatic heterocycles. The van der Waals surface area contributed by atoms with Gasteiger partial charge < -0.3 is 0 Å². The monoisotopic (exact) mass is 153 g/mol. The van der Waals surface area contributed by atoms with Crippen LogP contribution in [0.1, 0.15) is 37.4 Å². The summed E-state index contributed by atoms with van der Waals surface area (Å²) >= 11 is 0. The molecule has 0 aliphatic carbocycles. The Morgan fingerprint density at radius 2 is 2.27 bits per heavy atom. The number of ketones is 1. The van der Waals surface area contributed by atoms with Crippen molar-refractivity contribution >= 4 is 5.78 Å². The molecule has 0 N–H and O–H groups in total. The average Bonchev–Trinajstić information content (AvgIpc) is 2.32. The first-order chi connectivity index (χ1) is 5.13. The fourth-order valence-electron chi connectivity index (χ4n) is 0.880. The van der Waals surface area contributed by atoms with Crippen molar-refractivity contribution < 1.29 is 4.79 Å². The van der Waals surface area contributed by atoms with Gasteiger partial charge in [-0.1, -0.05) is 0 Å². The molecule has 1 aromatic rings. The summed E-state index contributed by atoms with van der Waals surface area (Å²) in [7, 11) is 0. The van der Waals surface area contributed by atoms with Crippen molar-refractivity contribution in [1.82, 2.24) is 14.8 Å². The summed E-state index contributed by atoms with van der Waals surface area (Å²) in [5, 5.41) is 3.92. The van der Waals surface area contributed by atoms with Crippen LogP contribution in [0.2, 0.25) is 0 Å². The fraction of sp³-hybridized carbons (Fsp3) is 0.571. The first kappa shape index (κ1) is 7.91. The summed E-state index contributed by atoms with van der Waals surface area (Å²) in [6.45, 7) is 5.41. The quantitative estimate of drug-likeness (QED) is 0.597. The molecule has 0 spiro atoms. The minimum absolute atomic E-state index is 0.0452. The average molecular weight is 153 g/mol. The zero-order valence-corrected chi connectivity index (χ0v) is 6.90. The lowest BCUT2D eigenvalue weighted by atomic mass is 10.3. The predicted octanol–water partition coefficient (Wildman–Crippen LogP) is 1.06. The SMILES string of the molecule is CC(=O)c1ncnn1C(C)C. The van der Waals surface area contributed by atoms with E-state index in [0.29, 0.717) is 5.82 Å². The fourth-order valence-corrected chi connectivity index (χ4v) is 0.880. The zero-order chi connectivity index (χ0) is 8.43. The van der Waals surface area contributed by atoms with Crippen LogP contribution in [0.15, 0.2) is 6.33 Å². The molecule has 1 heterocycles. The van der Waals surface area contributed by atoms with E-state index in [9.17, 15) is 4.79 Å². The Labute approximate surface area is 65.2 Å². The van der Waals surface area contributed by atoms with Crippen LogP contribution in [0.5, 0.6) is 0 Å². The molecule has 0 saturated heterocycles. The Kier molecular flexibility index (Phi) is 2.03. The largest absolute Gasteiger partial charge is 0.291 e. The van der Waals surface area contributed by atoms with Crippen LogP contribution < -0.4 is 0 Å². The Balaban J connectivity index is 3.06. The smallest absolute Gasteiger partial charge is 0.196 e. The number of Topliss-reactive ketones (excluding diaryl/α,β-unsaturated/α-hetero) is 1. The van der Waals surface area contributed by atoms with Gasteiger partial charge in [0.15, 0.2) is 11.6 Å². The van der Waals surface area contributed by atoms with E-state index in [2.05, 4.69) is 10.1 Å². The van der Waals surface area contributed by atoms with Gasteiger partial charge in [0, 0.05) is 13.0 Å². The molecular weight excluding hydrogens is 142 g/mol. The Morgan fingerprint density at radius 1 is 1.64 bits per heavy atom. The summed E-state index contributed by atoms with van der Waals surface area (Å²) in [6.07, 6.45) is 1.40. The lowest BCUT2D eigenvalue weighted by Gasteiger charge is -2.05. The van der Waals surface area contributed by atoms with E-state index >= 15 is 0 Å². The minimum atomic E-state index is -0.0452. The number of carbonyl (C=O) groups is 1. The van der Waals surface area contributed by atoms with Crippen LogP contribution in [-0.4, -0.2) is 20.5 Å². The standard InChI is InChI=1S/C7H11N3O/c1-5(2)10-7(6(3)11)8-4-9-10/h4-5H,1-3H3. The molecule has 0 bridgehead atoms. The molecule has 0 aliphatic heterocycles. The number of rotatable bonds is 2. The highest BCUT2D eigenvalue weighted by Gasteiger charge is 2.10. The number of hydrogen-bond acceptors (Lipinski definition) is 3. The van der Waals surface area contributed by atoms with Crippen molar-refractivity contribution in [3.63, 3.8) is 0 Å². The van der Waals surface area contributed by atoms with E-state index in [4.69, 9.17) is 0 Å². The van der Waals surface area contributed by atoms with Gasteiger partial charge in [-0.3, -0.25) is 4.79 Å². The summed E-state index contributed by atoms with van der Waals surface area (Å²) in [5.74, 6) is 0.385. The molecule has 0 radical (unpaired) electrons. The summed E-state index contributed by atoms with van der Waals surface area (Å²) in [4.78, 5) is 14.7. The highest BCUT2D eigenvalue weighted by Crippen LogP contribution is 2.04. The molecule has 0 saturated carbocycles. The van der Waals surface area contributed by atoms with E-state index in [1.807, 2.05) is 13.8 Å². The van der Waals surface area contributed by atoms with Gasteiger partial charge in [-0.15, -0.1) is 0 Å².